The second kappa shape index (κ2) is 5.95. The van der Waals surface area contributed by atoms with Crippen molar-refractivity contribution in [1.82, 2.24) is 4.98 Å². The highest BCUT2D eigenvalue weighted by atomic mass is 31.2. The molecular formula is C8H13N2O6P2+. The maximum atomic E-state index is 11.1. The molecule has 1 aromatic heterocycles. The second-order valence-corrected chi connectivity index (χ2v) is 6.79. The molecule has 0 unspecified atom stereocenters. The molecule has 0 atom stereocenters. The van der Waals surface area contributed by atoms with Crippen LogP contribution in [0.5, 0.6) is 0 Å². The van der Waals surface area contributed by atoms with Crippen LogP contribution in [0, 0.1) is 0 Å². The molecule has 0 spiro atoms. The van der Waals surface area contributed by atoms with E-state index in [1.54, 1.807) is 12.1 Å². The van der Waals surface area contributed by atoms with Gasteiger partial charge in [0.1, 0.15) is 0 Å². The average molecular weight is 295 g/mol. The van der Waals surface area contributed by atoms with Crippen molar-refractivity contribution < 1.29 is 29.0 Å². The predicted molar refractivity (Wildman–Crippen MR) is 65.9 cm³/mol. The second-order valence-electron chi connectivity index (χ2n) is 3.49. The molecular weight excluding hydrogens is 282 g/mol. The molecule has 100 valence electrons. The van der Waals surface area contributed by atoms with Crippen LogP contribution < -0.4 is 0 Å². The van der Waals surface area contributed by atoms with Crippen molar-refractivity contribution in [2.24, 2.45) is 4.99 Å². The molecule has 8 nitrogen and oxygen atoms in total. The number of hydrogen-bond acceptors (Lipinski definition) is 6. The molecule has 0 radical (unpaired) electrons. The molecule has 0 aliphatic heterocycles. The minimum atomic E-state index is -4.73. The molecule has 0 aromatic carbocycles. The van der Waals surface area contributed by atoms with Crippen LogP contribution in [-0.2, 0) is 11.1 Å². The molecule has 0 aliphatic rings. The van der Waals surface area contributed by atoms with Gasteiger partial charge in [0.2, 0.25) is 0 Å². The largest absolute Gasteiger partial charge is 0.410 e. The highest BCUT2D eigenvalue weighted by Gasteiger charge is 2.39. The fraction of sp³-hybridized carbons (Fsp3) is 0.250. The van der Waals surface area contributed by atoms with Crippen molar-refractivity contribution in [3.8, 4) is 0 Å². The van der Waals surface area contributed by atoms with Crippen LogP contribution in [0.3, 0.4) is 0 Å². The van der Waals surface area contributed by atoms with Crippen molar-refractivity contribution in [2.75, 3.05) is 6.16 Å². The Morgan fingerprint density at radius 1 is 1.39 bits per heavy atom. The molecule has 0 bridgehead atoms. The zero-order valence-corrected chi connectivity index (χ0v) is 10.9. The van der Waals surface area contributed by atoms with Crippen LogP contribution in [-0.4, -0.2) is 41.1 Å². The Morgan fingerprint density at radius 2 is 2.06 bits per heavy atom. The van der Waals surface area contributed by atoms with Crippen LogP contribution in [0.2, 0.25) is 0 Å². The van der Waals surface area contributed by atoms with E-state index in [4.69, 9.17) is 24.5 Å². The number of rotatable bonds is 5. The van der Waals surface area contributed by atoms with Gasteiger partial charge in [0.15, 0.2) is 11.6 Å². The topological polar surface area (TPSA) is 143 Å². The summed E-state index contributed by atoms with van der Waals surface area (Å²) in [5.41, 5.74) is -0.145. The third kappa shape index (κ3) is 5.75. The van der Waals surface area contributed by atoms with Crippen LogP contribution in [0.15, 0.2) is 29.5 Å². The molecule has 0 saturated carbocycles. The lowest BCUT2D eigenvalue weighted by Gasteiger charge is -2.09. The molecule has 10 heteroatoms. The van der Waals surface area contributed by atoms with Crippen molar-refractivity contribution in [1.29, 1.82) is 0 Å². The van der Waals surface area contributed by atoms with Gasteiger partial charge in [-0.3, -0.25) is 14.5 Å². The standard InChI is InChI=1S/C8H12N2O6P2/c11-17(12,13)6-8(18(14,15)16)10-5-7-2-1-3-9-4-7/h1-4,11-13H,5-6H2,(H-,14,15,16)/p+1. The van der Waals surface area contributed by atoms with Gasteiger partial charge in [0, 0.05) is 12.4 Å². The van der Waals surface area contributed by atoms with E-state index >= 15 is 0 Å². The molecule has 5 N–H and O–H groups in total. The number of aliphatic imine (C=N–C) groups is 1. The van der Waals surface area contributed by atoms with Gasteiger partial charge in [-0.1, -0.05) is 6.07 Å². The number of nitrogens with zero attached hydrogens (tertiary/aromatic N) is 2. The van der Waals surface area contributed by atoms with Gasteiger partial charge in [-0.2, -0.15) is 14.7 Å². The smallest absolute Gasteiger partial charge is 0.320 e. The lowest BCUT2D eigenvalue weighted by molar-refractivity contribution is 0.335. The maximum Gasteiger partial charge on any atom is 0.410 e. The van der Waals surface area contributed by atoms with Crippen molar-refractivity contribution in [2.45, 2.75) is 6.54 Å². The summed E-state index contributed by atoms with van der Waals surface area (Å²) in [5, 5.41) is 0. The lowest BCUT2D eigenvalue weighted by Crippen LogP contribution is -2.10. The van der Waals surface area contributed by atoms with Crippen molar-refractivity contribution >= 4 is 21.0 Å². The summed E-state index contributed by atoms with van der Waals surface area (Å²) in [6.07, 6.45) is 2.04. The van der Waals surface area contributed by atoms with E-state index in [0.29, 0.717) is 5.56 Å². The van der Waals surface area contributed by atoms with Gasteiger partial charge < -0.3 is 9.79 Å². The molecule has 0 fully saturated rings. The van der Waals surface area contributed by atoms with Crippen LogP contribution in [0.1, 0.15) is 5.56 Å². The third-order valence-corrected chi connectivity index (χ3v) is 3.80. The van der Waals surface area contributed by atoms with E-state index in [1.165, 1.54) is 12.4 Å². The minimum absolute atomic E-state index is 0.0751. The molecule has 18 heavy (non-hydrogen) atoms. The Balaban J connectivity index is 2.88. The Bertz CT molecular complexity index is 466. The van der Waals surface area contributed by atoms with E-state index in [1.807, 2.05) is 0 Å². The van der Waals surface area contributed by atoms with Gasteiger partial charge in [-0.05, 0) is 11.6 Å². The monoisotopic (exact) mass is 295 g/mol. The highest BCUT2D eigenvalue weighted by molar-refractivity contribution is 7.74. The lowest BCUT2D eigenvalue weighted by atomic mass is 10.3. The Labute approximate surface area is 103 Å². The number of aromatic nitrogens is 1. The van der Waals surface area contributed by atoms with Gasteiger partial charge in [0.25, 0.3) is 0 Å². The molecule has 0 aliphatic carbocycles. The summed E-state index contributed by atoms with van der Waals surface area (Å²) in [5.74, 6) is 0. The van der Waals surface area contributed by atoms with E-state index in [0.717, 1.165) is 0 Å². The first kappa shape index (κ1) is 15.3. The van der Waals surface area contributed by atoms with Gasteiger partial charge in [-0.25, -0.2) is 0 Å². The summed E-state index contributed by atoms with van der Waals surface area (Å²) in [7, 11) is -9.06. The molecule has 0 saturated heterocycles. The fourth-order valence-electron chi connectivity index (χ4n) is 1.10. The number of hydrogen-bond donors (Lipinski definition) is 5. The molecule has 1 aromatic rings. The summed E-state index contributed by atoms with van der Waals surface area (Å²) in [4.78, 5) is 51.8. The normalized spacial score (nSPS) is 13.7. The Hall–Kier alpha value is -0.720. The average Bonchev–Trinajstić information content (AvgIpc) is 2.22. The number of pyridine rings is 1. The Morgan fingerprint density at radius 3 is 2.50 bits per heavy atom. The summed E-state index contributed by atoms with van der Waals surface area (Å²) >= 11 is 0. The zero-order valence-electron chi connectivity index (χ0n) is 9.16. The third-order valence-electron chi connectivity index (χ3n) is 1.86. The van der Waals surface area contributed by atoms with Gasteiger partial charge in [-0.15, -0.1) is 0 Å². The zero-order chi connectivity index (χ0) is 13.8. The quantitative estimate of drug-likeness (QED) is 0.377. The van der Waals surface area contributed by atoms with E-state index in [-0.39, 0.29) is 6.54 Å². The van der Waals surface area contributed by atoms with Crippen molar-refractivity contribution in [3.05, 3.63) is 30.1 Å². The summed E-state index contributed by atoms with van der Waals surface area (Å²) < 4.78 is 11.1. The first-order valence-electron chi connectivity index (χ1n) is 4.73. The minimum Gasteiger partial charge on any atom is -0.320 e. The maximum absolute atomic E-state index is 11.1. The first-order chi connectivity index (χ1) is 8.18. The van der Waals surface area contributed by atoms with Gasteiger partial charge in [0.05, 0.1) is 6.54 Å². The van der Waals surface area contributed by atoms with E-state index in [2.05, 4.69) is 9.98 Å². The van der Waals surface area contributed by atoms with Crippen LogP contribution in [0.4, 0.5) is 0 Å². The van der Waals surface area contributed by atoms with Crippen molar-refractivity contribution in [3.63, 3.8) is 0 Å². The Kier molecular flexibility index (Phi) is 5.07. The molecule has 0 amide bonds. The predicted octanol–water partition coefficient (Wildman–Crippen LogP) is -0.103. The molecule has 1 rings (SSSR count). The SMILES string of the molecule is O=P(O)(O)C(C[P+](O)(O)O)=NCc1cccnc1. The van der Waals surface area contributed by atoms with Crippen LogP contribution >= 0.6 is 15.5 Å². The summed E-state index contributed by atoms with van der Waals surface area (Å²) in [6.45, 7) is -0.0751. The fourth-order valence-corrected chi connectivity index (χ4v) is 3.14. The van der Waals surface area contributed by atoms with Gasteiger partial charge >= 0.3 is 15.5 Å². The van der Waals surface area contributed by atoms with Crippen LogP contribution in [0.25, 0.3) is 0 Å². The highest BCUT2D eigenvalue weighted by Crippen LogP contribution is 2.50. The van der Waals surface area contributed by atoms with E-state index in [9.17, 15) is 4.57 Å². The van der Waals surface area contributed by atoms with E-state index < -0.39 is 27.2 Å². The first-order valence-corrected chi connectivity index (χ1v) is 8.17. The summed E-state index contributed by atoms with van der Waals surface area (Å²) in [6, 6.07) is 3.27. The molecule has 1 heterocycles.